The molecule has 2 aromatic rings. The highest BCUT2D eigenvalue weighted by Crippen LogP contribution is 2.39. The Balaban J connectivity index is 1.95. The van der Waals surface area contributed by atoms with E-state index in [0.717, 1.165) is 17.0 Å². The van der Waals surface area contributed by atoms with Crippen LogP contribution in [0.4, 0.5) is 18.9 Å². The van der Waals surface area contributed by atoms with Crippen LogP contribution >= 0.6 is 11.8 Å². The maximum absolute atomic E-state index is 12.7. The van der Waals surface area contributed by atoms with Crippen molar-refractivity contribution in [2.24, 2.45) is 0 Å². The lowest BCUT2D eigenvalue weighted by Gasteiger charge is -2.18. The smallest absolute Gasteiger partial charge is 0.320 e. The number of amides is 1. The maximum atomic E-state index is 12.7. The molecule has 0 aromatic heterocycles. The Morgan fingerprint density at radius 3 is 2.59 bits per heavy atom. The van der Waals surface area contributed by atoms with Crippen LogP contribution in [-0.2, 0) is 11.0 Å². The predicted molar refractivity (Wildman–Crippen MR) is 80.3 cm³/mol. The lowest BCUT2D eigenvalue weighted by molar-refractivity contribution is -0.137. The third-order valence-corrected chi connectivity index (χ3v) is 4.19. The Hall–Kier alpha value is -2.21. The Kier molecular flexibility index (Phi) is 3.70. The van der Waals surface area contributed by atoms with Crippen LogP contribution < -0.4 is 5.32 Å². The Bertz CT molecular complexity index is 768. The second-order valence-electron chi connectivity index (χ2n) is 4.68. The van der Waals surface area contributed by atoms with E-state index in [4.69, 9.17) is 0 Å². The van der Waals surface area contributed by atoms with Crippen molar-refractivity contribution < 1.29 is 18.0 Å². The van der Waals surface area contributed by atoms with Crippen molar-refractivity contribution in [1.29, 1.82) is 0 Å². The van der Waals surface area contributed by atoms with Gasteiger partial charge in [-0.25, -0.2) is 0 Å². The van der Waals surface area contributed by atoms with Gasteiger partial charge in [-0.3, -0.25) is 4.79 Å². The molecule has 1 heterocycles. The molecule has 0 fully saturated rings. The summed E-state index contributed by atoms with van der Waals surface area (Å²) in [6.45, 7) is 0. The maximum Gasteiger partial charge on any atom is 0.416 e. The number of para-hydroxylation sites is 1. The summed E-state index contributed by atoms with van der Waals surface area (Å²) in [5, 5.41) is 2.72. The molecule has 22 heavy (non-hydrogen) atoms. The molecule has 2 aromatic carbocycles. The Morgan fingerprint density at radius 2 is 1.82 bits per heavy atom. The minimum atomic E-state index is -4.40. The minimum Gasteiger partial charge on any atom is -0.320 e. The van der Waals surface area contributed by atoms with E-state index in [0.29, 0.717) is 16.2 Å². The molecule has 2 nitrogen and oxygen atoms in total. The van der Waals surface area contributed by atoms with E-state index >= 15 is 0 Å². The molecular formula is C16H10F3NOS. The third kappa shape index (κ3) is 3.01. The lowest BCUT2D eigenvalue weighted by Crippen LogP contribution is -2.17. The average Bonchev–Trinajstić information content (AvgIpc) is 2.47. The summed E-state index contributed by atoms with van der Waals surface area (Å²) < 4.78 is 38.1. The van der Waals surface area contributed by atoms with E-state index in [9.17, 15) is 18.0 Å². The first-order valence-electron chi connectivity index (χ1n) is 6.41. The molecule has 6 heteroatoms. The molecule has 1 aliphatic rings. The number of nitrogens with one attached hydrogen (secondary N) is 1. The number of alkyl halides is 3. The fraction of sp³-hybridized carbons (Fsp3) is 0.0625. The number of hydrogen-bond acceptors (Lipinski definition) is 2. The van der Waals surface area contributed by atoms with Crippen LogP contribution in [0.1, 0.15) is 11.1 Å². The molecule has 0 spiro atoms. The summed E-state index contributed by atoms with van der Waals surface area (Å²) in [7, 11) is 0. The highest BCUT2D eigenvalue weighted by Gasteiger charge is 2.30. The van der Waals surface area contributed by atoms with Gasteiger partial charge in [0.2, 0.25) is 0 Å². The normalized spacial score (nSPS) is 16.3. The van der Waals surface area contributed by atoms with Crippen molar-refractivity contribution in [1.82, 2.24) is 0 Å². The monoisotopic (exact) mass is 321 g/mol. The number of halogens is 3. The van der Waals surface area contributed by atoms with E-state index in [-0.39, 0.29) is 5.91 Å². The number of fused-ring (bicyclic) bond motifs is 1. The molecule has 1 amide bonds. The highest BCUT2D eigenvalue weighted by molar-refractivity contribution is 8.04. The number of thioether (sulfide) groups is 1. The van der Waals surface area contributed by atoms with Gasteiger partial charge in [0, 0.05) is 4.90 Å². The van der Waals surface area contributed by atoms with Crippen molar-refractivity contribution in [2.45, 2.75) is 11.1 Å². The van der Waals surface area contributed by atoms with Crippen LogP contribution in [0.2, 0.25) is 0 Å². The van der Waals surface area contributed by atoms with Crippen LogP contribution in [0.25, 0.3) is 6.08 Å². The summed E-state index contributed by atoms with van der Waals surface area (Å²) in [5.41, 5.74) is 0.314. The van der Waals surface area contributed by atoms with Gasteiger partial charge in [-0.05, 0) is 35.9 Å². The van der Waals surface area contributed by atoms with Crippen LogP contribution in [0, 0.1) is 0 Å². The first-order chi connectivity index (χ1) is 10.4. The number of anilines is 1. The van der Waals surface area contributed by atoms with Gasteiger partial charge in [-0.1, -0.05) is 36.0 Å². The molecular weight excluding hydrogens is 311 g/mol. The van der Waals surface area contributed by atoms with E-state index < -0.39 is 11.7 Å². The summed E-state index contributed by atoms with van der Waals surface area (Å²) >= 11 is 1.24. The number of benzene rings is 2. The van der Waals surface area contributed by atoms with Gasteiger partial charge in [-0.2, -0.15) is 13.2 Å². The van der Waals surface area contributed by atoms with Gasteiger partial charge in [-0.15, -0.1) is 0 Å². The lowest BCUT2D eigenvalue weighted by atomic mass is 10.1. The molecule has 0 saturated carbocycles. The van der Waals surface area contributed by atoms with Gasteiger partial charge < -0.3 is 5.32 Å². The standard InChI is InChI=1S/C16H10F3NOS/c17-16(18,19)11-5-3-4-10(8-11)9-14-15(21)20-12-6-1-2-7-13(12)22-14/h1-9H,(H,20,21)/b14-9-. The van der Waals surface area contributed by atoms with Crippen molar-refractivity contribution in [3.8, 4) is 0 Å². The molecule has 0 radical (unpaired) electrons. The topological polar surface area (TPSA) is 29.1 Å². The molecule has 0 aliphatic carbocycles. The zero-order chi connectivity index (χ0) is 15.7. The van der Waals surface area contributed by atoms with Gasteiger partial charge in [0.05, 0.1) is 16.2 Å². The summed E-state index contributed by atoms with van der Waals surface area (Å²) in [5.74, 6) is -0.318. The Labute approximate surface area is 129 Å². The number of carbonyl (C=O) groups excluding carboxylic acids is 1. The third-order valence-electron chi connectivity index (χ3n) is 3.09. The SMILES string of the molecule is O=C1Nc2ccccc2S/C1=C\c1cccc(C(F)(F)F)c1. The number of rotatable bonds is 1. The molecule has 3 rings (SSSR count). The van der Waals surface area contributed by atoms with Crippen LogP contribution in [0.15, 0.2) is 58.3 Å². The molecule has 1 aliphatic heterocycles. The predicted octanol–water partition coefficient (Wildman–Crippen LogP) is 4.79. The van der Waals surface area contributed by atoms with Crippen LogP contribution in [-0.4, -0.2) is 5.91 Å². The van der Waals surface area contributed by atoms with Crippen molar-refractivity contribution in [3.63, 3.8) is 0 Å². The largest absolute Gasteiger partial charge is 0.416 e. The van der Waals surface area contributed by atoms with Gasteiger partial charge in [0.25, 0.3) is 5.91 Å². The quantitative estimate of drug-likeness (QED) is 0.765. The summed E-state index contributed by atoms with van der Waals surface area (Å²) in [4.78, 5) is 13.2. The fourth-order valence-electron chi connectivity index (χ4n) is 2.06. The zero-order valence-corrected chi connectivity index (χ0v) is 12.0. The molecule has 0 unspecified atom stereocenters. The van der Waals surface area contributed by atoms with Crippen LogP contribution in [0.3, 0.4) is 0 Å². The minimum absolute atomic E-state index is 0.318. The first-order valence-corrected chi connectivity index (χ1v) is 7.22. The molecule has 0 saturated heterocycles. The Morgan fingerprint density at radius 1 is 1.05 bits per heavy atom. The van der Waals surface area contributed by atoms with Gasteiger partial charge in [0.15, 0.2) is 0 Å². The highest BCUT2D eigenvalue weighted by atomic mass is 32.2. The second-order valence-corrected chi connectivity index (χ2v) is 5.77. The van der Waals surface area contributed by atoms with E-state index in [1.54, 1.807) is 12.1 Å². The fourth-order valence-corrected chi connectivity index (χ4v) is 3.01. The van der Waals surface area contributed by atoms with Crippen LogP contribution in [0.5, 0.6) is 0 Å². The van der Waals surface area contributed by atoms with Crippen molar-refractivity contribution >= 4 is 29.4 Å². The first kappa shape index (κ1) is 14.7. The second kappa shape index (κ2) is 5.53. The molecule has 0 atom stereocenters. The van der Waals surface area contributed by atoms with Crippen molar-refractivity contribution in [3.05, 3.63) is 64.6 Å². The van der Waals surface area contributed by atoms with E-state index in [2.05, 4.69) is 5.32 Å². The molecule has 112 valence electrons. The molecule has 0 bridgehead atoms. The van der Waals surface area contributed by atoms with E-state index in [1.165, 1.54) is 30.0 Å². The molecule has 1 N–H and O–H groups in total. The van der Waals surface area contributed by atoms with Gasteiger partial charge in [0.1, 0.15) is 0 Å². The average molecular weight is 321 g/mol. The number of hydrogen-bond donors (Lipinski definition) is 1. The van der Waals surface area contributed by atoms with Gasteiger partial charge >= 0.3 is 6.18 Å². The summed E-state index contributed by atoms with van der Waals surface area (Å²) in [6.07, 6.45) is -2.94. The summed E-state index contributed by atoms with van der Waals surface area (Å²) in [6, 6.07) is 12.2. The van der Waals surface area contributed by atoms with E-state index in [1.807, 2.05) is 12.1 Å². The number of carbonyl (C=O) groups is 1. The zero-order valence-electron chi connectivity index (χ0n) is 11.1. The van der Waals surface area contributed by atoms with Crippen molar-refractivity contribution in [2.75, 3.05) is 5.32 Å².